The Hall–Kier alpha value is -6.76. The number of aryl methyl sites for hydroxylation is 4. The monoisotopic (exact) mass is 890 g/mol. The topological polar surface area (TPSA) is 116 Å². The lowest BCUT2D eigenvalue weighted by molar-refractivity contribution is 0.412. The molecule has 2 aliphatic rings. The number of benzene rings is 4. The number of halogens is 2. The molecule has 14 heteroatoms. The summed E-state index contributed by atoms with van der Waals surface area (Å²) in [4.78, 5) is 18.3. The van der Waals surface area contributed by atoms with E-state index in [4.69, 9.17) is 52.8 Å². The third-order valence-electron chi connectivity index (χ3n) is 11.6. The first-order valence-electron chi connectivity index (χ1n) is 21.4. The molecule has 4 aromatic carbocycles. The summed E-state index contributed by atoms with van der Waals surface area (Å²) in [6.45, 7) is 5.73. The molecule has 0 spiro atoms. The molecule has 0 radical (unpaired) electrons. The van der Waals surface area contributed by atoms with Crippen molar-refractivity contribution in [3.8, 4) is 22.9 Å². The van der Waals surface area contributed by atoms with E-state index >= 15 is 0 Å². The van der Waals surface area contributed by atoms with Crippen molar-refractivity contribution in [3.63, 3.8) is 0 Å². The van der Waals surface area contributed by atoms with Crippen molar-refractivity contribution in [2.75, 3.05) is 14.2 Å². The SMILES string of the molecule is COc1cc(/C=C/c2nc3n(n2)CCC[C@@H]3c2ccc(Cl)cc2)ccc1-n1cnc(C)c1.COc1cc(/C=C/c2nc3n(n2)CCC[C@H]3c2ccc(Cl)cc2)ccc1-n1cnc(C)c1. The fraction of sp³-hybridized carbons (Fsp3) is 0.240. The molecule has 324 valence electrons. The summed E-state index contributed by atoms with van der Waals surface area (Å²) >= 11 is 12.1. The molecular weight excluding hydrogens is 844 g/mol. The highest BCUT2D eigenvalue weighted by Gasteiger charge is 2.26. The largest absolute Gasteiger partial charge is 0.495 e. The number of nitrogens with zero attached hydrogens (tertiary/aromatic N) is 10. The molecule has 0 fully saturated rings. The fourth-order valence-corrected chi connectivity index (χ4v) is 8.62. The summed E-state index contributed by atoms with van der Waals surface area (Å²) < 4.78 is 19.2. The van der Waals surface area contributed by atoms with Crippen LogP contribution >= 0.6 is 23.2 Å². The van der Waals surface area contributed by atoms with E-state index in [0.717, 1.165) is 106 Å². The Balaban J connectivity index is 0.000000162. The van der Waals surface area contributed by atoms with E-state index in [0.29, 0.717) is 11.6 Å². The standard InChI is InChI=1S/2C25H24ClN5O/c2*1-17-15-30(16-27-17)22-11-5-18(14-23(22)32-2)6-12-24-28-25-21(4-3-13-31(25)29-24)19-7-9-20(26)10-8-19/h2*5-12,14-16,21H,3-4,13H2,1-2H3/b2*12-6+/t2*21-/m10/s1. The van der Waals surface area contributed by atoms with Crippen LogP contribution in [0.2, 0.25) is 10.0 Å². The minimum absolute atomic E-state index is 0.244. The molecule has 0 saturated heterocycles. The number of hydrogen-bond acceptors (Lipinski definition) is 8. The van der Waals surface area contributed by atoms with Crippen LogP contribution in [-0.2, 0) is 13.1 Å². The van der Waals surface area contributed by atoms with Crippen LogP contribution < -0.4 is 9.47 Å². The highest BCUT2D eigenvalue weighted by molar-refractivity contribution is 6.30. The van der Waals surface area contributed by atoms with Crippen LogP contribution in [0.1, 0.15) is 94.5 Å². The minimum atomic E-state index is 0.244. The molecular formula is C50H48Cl2N10O2. The molecule has 0 bridgehead atoms. The van der Waals surface area contributed by atoms with Gasteiger partial charge in [-0.3, -0.25) is 0 Å². The normalized spacial score (nSPS) is 15.8. The number of aromatic nitrogens is 10. The second kappa shape index (κ2) is 18.9. The minimum Gasteiger partial charge on any atom is -0.495 e. The lowest BCUT2D eigenvalue weighted by Gasteiger charge is -2.22. The van der Waals surface area contributed by atoms with Crippen molar-refractivity contribution in [2.45, 2.75) is 64.5 Å². The number of methoxy groups -OCH3 is 2. The highest BCUT2D eigenvalue weighted by atomic mass is 35.5. The Kier molecular flexibility index (Phi) is 12.6. The van der Waals surface area contributed by atoms with Crippen molar-refractivity contribution >= 4 is 47.5 Å². The average molecular weight is 892 g/mol. The summed E-state index contributed by atoms with van der Waals surface area (Å²) in [5.74, 6) is 5.52. The van der Waals surface area contributed by atoms with Crippen LogP contribution in [0, 0.1) is 13.8 Å². The first kappa shape index (κ1) is 42.5. The number of fused-ring (bicyclic) bond motifs is 2. The van der Waals surface area contributed by atoms with E-state index in [1.54, 1.807) is 26.9 Å². The maximum atomic E-state index is 6.07. The lowest BCUT2D eigenvalue weighted by atomic mass is 9.91. The number of imidazole rings is 2. The molecule has 0 N–H and O–H groups in total. The fourth-order valence-electron chi connectivity index (χ4n) is 8.37. The van der Waals surface area contributed by atoms with Gasteiger partial charge in [-0.15, -0.1) is 0 Å². The highest BCUT2D eigenvalue weighted by Crippen LogP contribution is 2.35. The molecule has 8 aromatic rings. The predicted molar refractivity (Wildman–Crippen MR) is 253 cm³/mol. The lowest BCUT2D eigenvalue weighted by Crippen LogP contribution is -2.17. The van der Waals surface area contributed by atoms with Crippen molar-refractivity contribution in [1.82, 2.24) is 48.6 Å². The van der Waals surface area contributed by atoms with Gasteiger partial charge in [0.1, 0.15) is 23.1 Å². The van der Waals surface area contributed by atoms with Gasteiger partial charge in [0.05, 0.1) is 49.6 Å². The van der Waals surface area contributed by atoms with Crippen LogP contribution in [0.5, 0.6) is 11.5 Å². The van der Waals surface area contributed by atoms with E-state index in [2.05, 4.69) is 46.4 Å². The van der Waals surface area contributed by atoms with Crippen LogP contribution in [0.15, 0.2) is 110 Å². The summed E-state index contributed by atoms with van der Waals surface area (Å²) in [5.41, 5.74) is 8.32. The van der Waals surface area contributed by atoms with E-state index in [1.165, 1.54) is 11.1 Å². The Labute approximate surface area is 382 Å². The molecule has 12 nitrogen and oxygen atoms in total. The molecule has 4 aromatic heterocycles. The molecule has 2 atom stereocenters. The molecule has 0 saturated carbocycles. The van der Waals surface area contributed by atoms with Gasteiger partial charge in [-0.05, 0) is 122 Å². The van der Waals surface area contributed by atoms with Gasteiger partial charge in [0.15, 0.2) is 11.6 Å². The van der Waals surface area contributed by atoms with Gasteiger partial charge in [0.2, 0.25) is 0 Å². The smallest absolute Gasteiger partial charge is 0.174 e. The van der Waals surface area contributed by atoms with E-state index in [1.807, 2.05) is 118 Å². The number of hydrogen-bond donors (Lipinski definition) is 0. The third kappa shape index (κ3) is 9.44. The van der Waals surface area contributed by atoms with Gasteiger partial charge in [-0.1, -0.05) is 71.8 Å². The number of ether oxygens (including phenoxy) is 2. The van der Waals surface area contributed by atoms with Crippen LogP contribution in [0.3, 0.4) is 0 Å². The predicted octanol–water partition coefficient (Wildman–Crippen LogP) is 11.1. The van der Waals surface area contributed by atoms with E-state index < -0.39 is 0 Å². The summed E-state index contributed by atoms with van der Waals surface area (Å²) in [6.07, 6.45) is 19.8. The maximum absolute atomic E-state index is 6.07. The zero-order valence-electron chi connectivity index (χ0n) is 36.1. The second-order valence-electron chi connectivity index (χ2n) is 16.0. The molecule has 6 heterocycles. The zero-order chi connectivity index (χ0) is 44.2. The van der Waals surface area contributed by atoms with Gasteiger partial charge in [-0.2, -0.15) is 10.2 Å². The number of rotatable bonds is 10. The molecule has 0 unspecified atom stereocenters. The van der Waals surface area contributed by atoms with Crippen LogP contribution in [0.4, 0.5) is 0 Å². The molecule has 0 aliphatic carbocycles. The van der Waals surface area contributed by atoms with E-state index in [9.17, 15) is 0 Å². The average Bonchev–Trinajstić information content (AvgIpc) is 4.15. The molecule has 2 aliphatic heterocycles. The van der Waals surface area contributed by atoms with E-state index in [-0.39, 0.29) is 11.8 Å². The molecule has 10 rings (SSSR count). The quantitative estimate of drug-likeness (QED) is 0.133. The van der Waals surface area contributed by atoms with Crippen molar-refractivity contribution in [1.29, 1.82) is 0 Å². The van der Waals surface area contributed by atoms with Gasteiger partial charge < -0.3 is 18.6 Å². The summed E-state index contributed by atoms with van der Waals surface area (Å²) in [7, 11) is 3.36. The Morgan fingerprint density at radius 1 is 0.562 bits per heavy atom. The molecule has 64 heavy (non-hydrogen) atoms. The first-order chi connectivity index (χ1) is 31.2. The second-order valence-corrected chi connectivity index (χ2v) is 16.8. The Bertz CT molecular complexity index is 2740. The first-order valence-corrected chi connectivity index (χ1v) is 22.1. The summed E-state index contributed by atoms with van der Waals surface area (Å²) in [5, 5.41) is 10.9. The van der Waals surface area contributed by atoms with Crippen molar-refractivity contribution < 1.29 is 9.47 Å². The maximum Gasteiger partial charge on any atom is 0.174 e. The summed E-state index contributed by atoms with van der Waals surface area (Å²) in [6, 6.07) is 28.3. The zero-order valence-corrected chi connectivity index (χ0v) is 37.7. The van der Waals surface area contributed by atoms with Gasteiger partial charge in [-0.25, -0.2) is 29.3 Å². The van der Waals surface area contributed by atoms with Crippen LogP contribution in [-0.4, -0.2) is 62.9 Å². The van der Waals surface area contributed by atoms with Gasteiger partial charge in [0, 0.05) is 47.4 Å². The van der Waals surface area contributed by atoms with Gasteiger partial charge >= 0.3 is 0 Å². The molecule has 0 amide bonds. The Morgan fingerprint density at radius 3 is 1.36 bits per heavy atom. The van der Waals surface area contributed by atoms with Crippen LogP contribution in [0.25, 0.3) is 35.7 Å². The van der Waals surface area contributed by atoms with Gasteiger partial charge in [0.25, 0.3) is 0 Å². The van der Waals surface area contributed by atoms with Crippen molar-refractivity contribution in [3.05, 3.63) is 177 Å². The third-order valence-corrected chi connectivity index (χ3v) is 12.1. The Morgan fingerprint density at radius 2 is 0.984 bits per heavy atom. The van der Waals surface area contributed by atoms with Crippen molar-refractivity contribution in [2.24, 2.45) is 0 Å².